The van der Waals surface area contributed by atoms with Crippen molar-refractivity contribution in [2.45, 2.75) is 45.1 Å². The van der Waals surface area contributed by atoms with E-state index >= 15 is 0 Å². The molecule has 1 saturated heterocycles. The number of nitrogens with one attached hydrogen (secondary N) is 1. The zero-order valence-corrected chi connectivity index (χ0v) is 11.8. The van der Waals surface area contributed by atoms with Crippen LogP contribution in [-0.4, -0.2) is 35.8 Å². The molecule has 1 unspecified atom stereocenters. The maximum Gasteiger partial charge on any atom is 0.0575 e. The van der Waals surface area contributed by atoms with Crippen LogP contribution >= 0.6 is 0 Å². The van der Waals surface area contributed by atoms with E-state index in [4.69, 9.17) is 5.11 Å². The van der Waals surface area contributed by atoms with Crippen molar-refractivity contribution in [2.75, 3.05) is 29.9 Å². The summed E-state index contributed by atoms with van der Waals surface area (Å²) in [6, 6.07) is 2.76. The third-order valence-electron chi connectivity index (χ3n) is 3.71. The van der Waals surface area contributed by atoms with Gasteiger partial charge in [-0.05, 0) is 38.2 Å². The number of hydrogen-bond donors (Lipinski definition) is 2. The summed E-state index contributed by atoms with van der Waals surface area (Å²) in [4.78, 5) is 6.79. The minimum Gasteiger partial charge on any atom is -0.396 e. The summed E-state index contributed by atoms with van der Waals surface area (Å²) in [5, 5.41) is 12.4. The van der Waals surface area contributed by atoms with Gasteiger partial charge in [0.05, 0.1) is 23.8 Å². The van der Waals surface area contributed by atoms with Gasteiger partial charge < -0.3 is 15.3 Å². The van der Waals surface area contributed by atoms with Crippen LogP contribution in [0.15, 0.2) is 18.5 Å². The molecule has 0 saturated carbocycles. The first-order valence-electron chi connectivity index (χ1n) is 7.41. The topological polar surface area (TPSA) is 48.4 Å². The van der Waals surface area contributed by atoms with Gasteiger partial charge in [0.1, 0.15) is 0 Å². The molecule has 0 aromatic carbocycles. The zero-order valence-electron chi connectivity index (χ0n) is 11.8. The lowest BCUT2D eigenvalue weighted by molar-refractivity contribution is 0.279. The molecule has 1 aliphatic rings. The lowest BCUT2D eigenvalue weighted by Crippen LogP contribution is -2.29. The van der Waals surface area contributed by atoms with E-state index in [2.05, 4.69) is 28.2 Å². The van der Waals surface area contributed by atoms with Crippen LogP contribution in [0.4, 0.5) is 11.4 Å². The molecule has 0 aliphatic carbocycles. The Morgan fingerprint density at radius 3 is 3.16 bits per heavy atom. The molecular formula is C15H25N3O. The van der Waals surface area contributed by atoms with Gasteiger partial charge in [0.25, 0.3) is 0 Å². The van der Waals surface area contributed by atoms with Gasteiger partial charge in [-0.15, -0.1) is 0 Å². The van der Waals surface area contributed by atoms with Gasteiger partial charge in [0, 0.05) is 25.7 Å². The number of aromatic nitrogens is 1. The average Bonchev–Trinajstić information content (AvgIpc) is 2.91. The van der Waals surface area contributed by atoms with Gasteiger partial charge in [-0.1, -0.05) is 6.92 Å². The average molecular weight is 263 g/mol. The van der Waals surface area contributed by atoms with Gasteiger partial charge in [0.2, 0.25) is 0 Å². The zero-order chi connectivity index (χ0) is 13.5. The van der Waals surface area contributed by atoms with Crippen molar-refractivity contribution < 1.29 is 5.11 Å². The minimum atomic E-state index is 0.292. The number of aliphatic hydroxyl groups is 1. The standard InChI is InChI=1S/C15H25N3O/c1-2-7-17-13-10-15(12-16-11-13)18-8-3-5-14(18)6-4-9-19/h10-12,14,17,19H,2-9H2,1H3. The van der Waals surface area contributed by atoms with Crippen LogP contribution in [0.2, 0.25) is 0 Å². The number of aliphatic hydroxyl groups excluding tert-OH is 1. The molecule has 0 spiro atoms. The monoisotopic (exact) mass is 263 g/mol. The minimum absolute atomic E-state index is 0.292. The van der Waals surface area contributed by atoms with Gasteiger partial charge in [-0.3, -0.25) is 4.98 Å². The third-order valence-corrected chi connectivity index (χ3v) is 3.71. The summed E-state index contributed by atoms with van der Waals surface area (Å²) >= 11 is 0. The maximum absolute atomic E-state index is 8.98. The smallest absolute Gasteiger partial charge is 0.0575 e. The predicted octanol–water partition coefficient (Wildman–Crippen LogP) is 2.64. The number of rotatable bonds is 7. The SMILES string of the molecule is CCCNc1cncc(N2CCCC2CCCO)c1. The molecule has 4 heteroatoms. The van der Waals surface area contributed by atoms with Crippen molar-refractivity contribution in [1.82, 2.24) is 4.98 Å². The second kappa shape index (κ2) is 7.34. The molecule has 4 nitrogen and oxygen atoms in total. The molecule has 2 rings (SSSR count). The van der Waals surface area contributed by atoms with Crippen LogP contribution in [0.25, 0.3) is 0 Å². The molecule has 2 heterocycles. The number of nitrogens with zero attached hydrogens (tertiary/aromatic N) is 2. The molecular weight excluding hydrogens is 238 g/mol. The largest absolute Gasteiger partial charge is 0.396 e. The van der Waals surface area contributed by atoms with Crippen molar-refractivity contribution in [1.29, 1.82) is 0 Å². The van der Waals surface area contributed by atoms with E-state index in [0.717, 1.165) is 38.0 Å². The van der Waals surface area contributed by atoms with Crippen LogP contribution in [-0.2, 0) is 0 Å². The first-order valence-corrected chi connectivity index (χ1v) is 7.41. The third kappa shape index (κ3) is 3.83. The molecule has 19 heavy (non-hydrogen) atoms. The molecule has 0 bridgehead atoms. The highest BCUT2D eigenvalue weighted by Crippen LogP contribution is 2.28. The summed E-state index contributed by atoms with van der Waals surface area (Å²) in [6.07, 6.45) is 9.39. The van der Waals surface area contributed by atoms with E-state index in [1.54, 1.807) is 0 Å². The molecule has 1 aromatic heterocycles. The van der Waals surface area contributed by atoms with Crippen LogP contribution in [0.1, 0.15) is 39.0 Å². The first-order chi connectivity index (χ1) is 9.35. The molecule has 0 amide bonds. The van der Waals surface area contributed by atoms with Gasteiger partial charge in [0.15, 0.2) is 0 Å². The normalized spacial score (nSPS) is 18.8. The van der Waals surface area contributed by atoms with Gasteiger partial charge in [-0.25, -0.2) is 0 Å². The van der Waals surface area contributed by atoms with E-state index in [9.17, 15) is 0 Å². The van der Waals surface area contributed by atoms with E-state index in [0.29, 0.717) is 12.6 Å². The lowest BCUT2D eigenvalue weighted by Gasteiger charge is -2.26. The Labute approximate surface area is 115 Å². The Hall–Kier alpha value is -1.29. The Balaban J connectivity index is 2.03. The molecule has 1 aliphatic heterocycles. The summed E-state index contributed by atoms with van der Waals surface area (Å²) in [6.45, 7) is 4.55. The van der Waals surface area contributed by atoms with Crippen molar-refractivity contribution >= 4 is 11.4 Å². The fourth-order valence-electron chi connectivity index (χ4n) is 2.75. The fraction of sp³-hybridized carbons (Fsp3) is 0.667. The van der Waals surface area contributed by atoms with Crippen LogP contribution in [0.3, 0.4) is 0 Å². The molecule has 2 N–H and O–H groups in total. The second-order valence-corrected chi connectivity index (χ2v) is 5.21. The Morgan fingerprint density at radius 2 is 2.37 bits per heavy atom. The van der Waals surface area contributed by atoms with Crippen molar-refractivity contribution in [3.8, 4) is 0 Å². The van der Waals surface area contributed by atoms with E-state index in [1.165, 1.54) is 18.5 Å². The molecule has 0 radical (unpaired) electrons. The van der Waals surface area contributed by atoms with Crippen molar-refractivity contribution in [3.63, 3.8) is 0 Å². The second-order valence-electron chi connectivity index (χ2n) is 5.21. The summed E-state index contributed by atoms with van der Waals surface area (Å²) in [7, 11) is 0. The van der Waals surface area contributed by atoms with E-state index < -0.39 is 0 Å². The summed E-state index contributed by atoms with van der Waals surface area (Å²) in [5.74, 6) is 0. The lowest BCUT2D eigenvalue weighted by atomic mass is 10.1. The highest BCUT2D eigenvalue weighted by Gasteiger charge is 2.24. The van der Waals surface area contributed by atoms with Gasteiger partial charge in [-0.2, -0.15) is 0 Å². The molecule has 1 atom stereocenters. The highest BCUT2D eigenvalue weighted by atomic mass is 16.2. The van der Waals surface area contributed by atoms with E-state index in [-0.39, 0.29) is 0 Å². The summed E-state index contributed by atoms with van der Waals surface area (Å²) < 4.78 is 0. The quantitative estimate of drug-likeness (QED) is 0.794. The van der Waals surface area contributed by atoms with Crippen LogP contribution in [0.5, 0.6) is 0 Å². The van der Waals surface area contributed by atoms with Crippen LogP contribution in [0, 0.1) is 0 Å². The number of hydrogen-bond acceptors (Lipinski definition) is 4. The number of pyridine rings is 1. The maximum atomic E-state index is 8.98. The molecule has 106 valence electrons. The van der Waals surface area contributed by atoms with E-state index in [1.807, 2.05) is 12.4 Å². The Morgan fingerprint density at radius 1 is 1.47 bits per heavy atom. The van der Waals surface area contributed by atoms with Crippen LogP contribution < -0.4 is 10.2 Å². The highest BCUT2D eigenvalue weighted by molar-refractivity contribution is 5.56. The van der Waals surface area contributed by atoms with Crippen molar-refractivity contribution in [2.24, 2.45) is 0 Å². The number of anilines is 2. The van der Waals surface area contributed by atoms with Crippen molar-refractivity contribution in [3.05, 3.63) is 18.5 Å². The Kier molecular flexibility index (Phi) is 5.45. The van der Waals surface area contributed by atoms with Gasteiger partial charge >= 0.3 is 0 Å². The fourth-order valence-corrected chi connectivity index (χ4v) is 2.75. The summed E-state index contributed by atoms with van der Waals surface area (Å²) in [5.41, 5.74) is 2.31. The Bertz CT molecular complexity index is 383. The molecule has 1 fully saturated rings. The predicted molar refractivity (Wildman–Crippen MR) is 79.7 cm³/mol. The molecule has 1 aromatic rings. The first kappa shape index (κ1) is 14.1.